The van der Waals surface area contributed by atoms with Gasteiger partial charge in [0.1, 0.15) is 0 Å². The molecule has 2 aromatic carbocycles. The molecule has 27 heavy (non-hydrogen) atoms. The number of hydrogen-bond acceptors (Lipinski definition) is 5. The number of halogens is 1. The number of carbonyl (C=O) groups is 2. The molecule has 1 heterocycles. The number of esters is 1. The molecule has 0 aromatic heterocycles. The molecule has 1 aliphatic heterocycles. The van der Waals surface area contributed by atoms with Gasteiger partial charge in [0.2, 0.25) is 0 Å². The van der Waals surface area contributed by atoms with Crippen LogP contribution in [0.3, 0.4) is 0 Å². The summed E-state index contributed by atoms with van der Waals surface area (Å²) in [7, 11) is 0. The molecular weight excluding hydrogens is 366 g/mol. The minimum Gasteiger partial charge on any atom is -0.452 e. The molecule has 0 radical (unpaired) electrons. The molecule has 0 saturated carbocycles. The van der Waals surface area contributed by atoms with Crippen molar-refractivity contribution in [1.82, 2.24) is 4.90 Å². The van der Waals surface area contributed by atoms with E-state index in [2.05, 4.69) is 4.90 Å². The Kier molecular flexibility index (Phi) is 5.94. The maximum absolute atomic E-state index is 12.3. The van der Waals surface area contributed by atoms with E-state index in [1.165, 1.54) is 24.3 Å². The second kappa shape index (κ2) is 8.56. The Labute approximate surface area is 162 Å². The highest BCUT2D eigenvalue weighted by Crippen LogP contribution is 2.20. The van der Waals surface area contributed by atoms with Crippen molar-refractivity contribution in [2.75, 3.05) is 37.7 Å². The van der Waals surface area contributed by atoms with E-state index in [9.17, 15) is 9.59 Å². The fourth-order valence-corrected chi connectivity index (χ4v) is 3.05. The third kappa shape index (κ3) is 4.78. The van der Waals surface area contributed by atoms with Gasteiger partial charge in [0.25, 0.3) is 5.91 Å². The lowest BCUT2D eigenvalue weighted by Gasteiger charge is -2.36. The Morgan fingerprint density at radius 3 is 2.41 bits per heavy atom. The van der Waals surface area contributed by atoms with Crippen molar-refractivity contribution in [3.05, 3.63) is 64.7 Å². The molecule has 6 nitrogen and oxygen atoms in total. The SMILES string of the molecule is N#Cc1ccc(C(=O)OCC(=O)N2CCN(c3cccc(Cl)c3)CC2)cc1. The van der Waals surface area contributed by atoms with E-state index in [-0.39, 0.29) is 12.5 Å². The first-order valence-electron chi connectivity index (χ1n) is 8.52. The van der Waals surface area contributed by atoms with Crippen LogP contribution in [0.1, 0.15) is 15.9 Å². The highest BCUT2D eigenvalue weighted by molar-refractivity contribution is 6.30. The lowest BCUT2D eigenvalue weighted by molar-refractivity contribution is -0.134. The summed E-state index contributed by atoms with van der Waals surface area (Å²) in [4.78, 5) is 28.2. The predicted octanol–water partition coefficient (Wildman–Crippen LogP) is 2.72. The van der Waals surface area contributed by atoms with Crippen LogP contribution in [0.25, 0.3) is 0 Å². The van der Waals surface area contributed by atoms with Crippen LogP contribution in [0.15, 0.2) is 48.5 Å². The molecular formula is C20H18ClN3O3. The number of amides is 1. The van der Waals surface area contributed by atoms with Crippen LogP contribution in [0.2, 0.25) is 5.02 Å². The van der Waals surface area contributed by atoms with Gasteiger partial charge in [0.15, 0.2) is 6.61 Å². The van der Waals surface area contributed by atoms with Gasteiger partial charge in [-0.25, -0.2) is 4.79 Å². The summed E-state index contributed by atoms with van der Waals surface area (Å²) in [5, 5.41) is 9.45. The van der Waals surface area contributed by atoms with E-state index in [4.69, 9.17) is 21.6 Å². The second-order valence-corrected chi connectivity index (χ2v) is 6.55. The highest BCUT2D eigenvalue weighted by atomic mass is 35.5. The van der Waals surface area contributed by atoms with Gasteiger partial charge in [-0.2, -0.15) is 5.26 Å². The molecule has 0 N–H and O–H groups in total. The van der Waals surface area contributed by atoms with E-state index in [1.54, 1.807) is 4.90 Å². The molecule has 0 unspecified atom stereocenters. The van der Waals surface area contributed by atoms with Crippen molar-refractivity contribution < 1.29 is 14.3 Å². The number of ether oxygens (including phenoxy) is 1. The molecule has 0 atom stereocenters. The molecule has 1 aliphatic rings. The Hall–Kier alpha value is -3.04. The Balaban J connectivity index is 1.48. The normalized spacial score (nSPS) is 13.8. The van der Waals surface area contributed by atoms with Crippen molar-refractivity contribution in [2.45, 2.75) is 0 Å². The minimum atomic E-state index is -0.578. The zero-order valence-corrected chi connectivity index (χ0v) is 15.4. The monoisotopic (exact) mass is 383 g/mol. The van der Waals surface area contributed by atoms with Crippen LogP contribution in [-0.4, -0.2) is 49.6 Å². The number of rotatable bonds is 4. The van der Waals surface area contributed by atoms with Crippen molar-refractivity contribution in [2.24, 2.45) is 0 Å². The van der Waals surface area contributed by atoms with Gasteiger partial charge in [-0.3, -0.25) is 4.79 Å². The Bertz CT molecular complexity index is 869. The molecule has 1 saturated heterocycles. The summed E-state index contributed by atoms with van der Waals surface area (Å²) in [5.74, 6) is -0.798. The average molecular weight is 384 g/mol. The quantitative estimate of drug-likeness (QED) is 0.759. The summed E-state index contributed by atoms with van der Waals surface area (Å²) in [6.45, 7) is 2.20. The van der Waals surface area contributed by atoms with Crippen molar-refractivity contribution in [1.29, 1.82) is 5.26 Å². The first-order valence-corrected chi connectivity index (χ1v) is 8.90. The third-order valence-electron chi connectivity index (χ3n) is 4.38. The van der Waals surface area contributed by atoms with Crippen LogP contribution in [0.5, 0.6) is 0 Å². The molecule has 138 valence electrons. The summed E-state index contributed by atoms with van der Waals surface area (Å²) >= 11 is 6.03. The van der Waals surface area contributed by atoms with Crippen LogP contribution < -0.4 is 4.90 Å². The summed E-state index contributed by atoms with van der Waals surface area (Å²) in [6.07, 6.45) is 0. The van der Waals surface area contributed by atoms with Crippen molar-refractivity contribution in [3.8, 4) is 6.07 Å². The minimum absolute atomic E-state index is 0.220. The lowest BCUT2D eigenvalue weighted by Crippen LogP contribution is -2.49. The van der Waals surface area contributed by atoms with Gasteiger partial charge in [-0.1, -0.05) is 17.7 Å². The zero-order valence-electron chi connectivity index (χ0n) is 14.6. The van der Waals surface area contributed by atoms with E-state index in [1.807, 2.05) is 30.3 Å². The number of carbonyl (C=O) groups excluding carboxylic acids is 2. The molecule has 0 bridgehead atoms. The number of nitriles is 1. The van der Waals surface area contributed by atoms with E-state index >= 15 is 0 Å². The molecule has 1 amide bonds. The Morgan fingerprint density at radius 2 is 1.78 bits per heavy atom. The summed E-state index contributed by atoms with van der Waals surface area (Å²) < 4.78 is 5.10. The zero-order chi connectivity index (χ0) is 19.2. The second-order valence-electron chi connectivity index (χ2n) is 6.11. The van der Waals surface area contributed by atoms with Crippen LogP contribution in [-0.2, 0) is 9.53 Å². The van der Waals surface area contributed by atoms with Gasteiger partial charge in [-0.15, -0.1) is 0 Å². The van der Waals surface area contributed by atoms with E-state index in [0.29, 0.717) is 42.3 Å². The molecule has 3 rings (SSSR count). The molecule has 1 fully saturated rings. The average Bonchev–Trinajstić information content (AvgIpc) is 2.72. The molecule has 0 spiro atoms. The third-order valence-corrected chi connectivity index (χ3v) is 4.62. The number of anilines is 1. The first-order chi connectivity index (χ1) is 13.1. The number of piperazine rings is 1. The Morgan fingerprint density at radius 1 is 1.07 bits per heavy atom. The summed E-state index contributed by atoms with van der Waals surface area (Å²) in [6, 6.07) is 15.7. The molecule has 7 heteroatoms. The van der Waals surface area contributed by atoms with Gasteiger partial charge < -0.3 is 14.5 Å². The van der Waals surface area contributed by atoms with Gasteiger partial charge >= 0.3 is 5.97 Å². The topological polar surface area (TPSA) is 73.6 Å². The fraction of sp³-hybridized carbons (Fsp3) is 0.250. The highest BCUT2D eigenvalue weighted by Gasteiger charge is 2.22. The summed E-state index contributed by atoms with van der Waals surface area (Å²) in [5.41, 5.74) is 1.80. The van der Waals surface area contributed by atoms with Gasteiger partial charge in [0.05, 0.1) is 17.2 Å². The van der Waals surface area contributed by atoms with Crippen LogP contribution in [0, 0.1) is 11.3 Å². The van der Waals surface area contributed by atoms with Crippen molar-refractivity contribution in [3.63, 3.8) is 0 Å². The molecule has 0 aliphatic carbocycles. The fourth-order valence-electron chi connectivity index (χ4n) is 2.87. The first kappa shape index (κ1) is 18.7. The van der Waals surface area contributed by atoms with Crippen LogP contribution in [0.4, 0.5) is 5.69 Å². The van der Waals surface area contributed by atoms with Crippen molar-refractivity contribution >= 4 is 29.2 Å². The number of benzene rings is 2. The lowest BCUT2D eigenvalue weighted by atomic mass is 10.1. The molecule has 2 aromatic rings. The van der Waals surface area contributed by atoms with E-state index in [0.717, 1.165) is 5.69 Å². The smallest absolute Gasteiger partial charge is 0.338 e. The maximum atomic E-state index is 12.3. The van der Waals surface area contributed by atoms with Crippen LogP contribution >= 0.6 is 11.6 Å². The predicted molar refractivity (Wildman–Crippen MR) is 102 cm³/mol. The number of nitrogens with zero attached hydrogens (tertiary/aromatic N) is 3. The maximum Gasteiger partial charge on any atom is 0.338 e. The van der Waals surface area contributed by atoms with Gasteiger partial charge in [-0.05, 0) is 42.5 Å². The largest absolute Gasteiger partial charge is 0.452 e. The van der Waals surface area contributed by atoms with E-state index < -0.39 is 5.97 Å². The number of hydrogen-bond donors (Lipinski definition) is 0. The standard InChI is InChI=1S/C20H18ClN3O3/c21-17-2-1-3-18(12-17)23-8-10-24(11-9-23)19(25)14-27-20(26)16-6-4-15(13-22)5-7-16/h1-7,12H,8-11,14H2. The van der Waals surface area contributed by atoms with Gasteiger partial charge in [0, 0.05) is 36.9 Å².